The number of thiazole rings is 1. The first-order valence-corrected chi connectivity index (χ1v) is 10.6. The number of fused-ring (bicyclic) bond motifs is 1. The van der Waals surface area contributed by atoms with Crippen LogP contribution in [0, 0.1) is 41.5 Å². The molecule has 0 aliphatic carbocycles. The summed E-state index contributed by atoms with van der Waals surface area (Å²) in [5.41, 5.74) is 17.6. The van der Waals surface area contributed by atoms with Crippen LogP contribution in [-0.4, -0.2) is 21.4 Å². The third kappa shape index (κ3) is 2.82. The fourth-order valence-corrected chi connectivity index (χ4v) is 5.00. The van der Waals surface area contributed by atoms with Gasteiger partial charge < -0.3 is 11.1 Å². The van der Waals surface area contributed by atoms with Crippen LogP contribution in [0.2, 0.25) is 0 Å². The number of nitrogens with zero attached hydrogens (tertiary/aromatic N) is 3. The van der Waals surface area contributed by atoms with Crippen molar-refractivity contribution in [1.29, 1.82) is 0 Å². The Hall–Kier alpha value is -2.86. The maximum absolute atomic E-state index is 6.50. The Morgan fingerprint density at radius 3 is 2.41 bits per heavy atom. The molecule has 5 nitrogen and oxygen atoms in total. The maximum Gasteiger partial charge on any atom is 0.195 e. The fraction of sp³-hybridized carbons (Fsp3) is 0.304. The van der Waals surface area contributed by atoms with E-state index in [2.05, 4.69) is 68.4 Å². The summed E-state index contributed by atoms with van der Waals surface area (Å²) >= 11 is 1.73. The lowest BCUT2D eigenvalue weighted by Gasteiger charge is -2.18. The number of hydrogen-bond donors (Lipinski definition) is 2. The highest BCUT2D eigenvalue weighted by Crippen LogP contribution is 2.42. The van der Waals surface area contributed by atoms with Gasteiger partial charge in [0.2, 0.25) is 0 Å². The van der Waals surface area contributed by atoms with E-state index in [4.69, 9.17) is 10.7 Å². The zero-order valence-corrected chi connectivity index (χ0v) is 18.9. The van der Waals surface area contributed by atoms with Gasteiger partial charge in [0.1, 0.15) is 5.82 Å². The van der Waals surface area contributed by atoms with Crippen molar-refractivity contribution in [3.63, 3.8) is 0 Å². The number of benzene rings is 1. The molecule has 0 aliphatic rings. The lowest BCUT2D eigenvalue weighted by Crippen LogP contribution is -2.03. The van der Waals surface area contributed by atoms with E-state index in [-0.39, 0.29) is 0 Å². The monoisotopic (exact) mass is 405 g/mol. The van der Waals surface area contributed by atoms with Gasteiger partial charge in [-0.2, -0.15) is 0 Å². The molecule has 0 bridgehead atoms. The van der Waals surface area contributed by atoms with E-state index >= 15 is 0 Å². The van der Waals surface area contributed by atoms with Gasteiger partial charge in [-0.05, 0) is 75.9 Å². The highest BCUT2D eigenvalue weighted by molar-refractivity contribution is 7.17. The van der Waals surface area contributed by atoms with Crippen molar-refractivity contribution < 1.29 is 0 Å². The molecule has 0 unspecified atom stereocenters. The van der Waals surface area contributed by atoms with E-state index in [0.717, 1.165) is 50.1 Å². The van der Waals surface area contributed by atoms with Gasteiger partial charge in [0, 0.05) is 40.6 Å². The third-order valence-corrected chi connectivity index (χ3v) is 7.20. The summed E-state index contributed by atoms with van der Waals surface area (Å²) in [6, 6.07) is 4.13. The molecule has 0 radical (unpaired) electrons. The number of nitrogen functional groups attached to an aromatic ring is 1. The van der Waals surface area contributed by atoms with E-state index in [1.807, 2.05) is 13.2 Å². The van der Waals surface area contributed by atoms with Crippen LogP contribution in [-0.2, 0) is 0 Å². The Bertz CT molecular complexity index is 1230. The summed E-state index contributed by atoms with van der Waals surface area (Å²) in [4.78, 5) is 11.8. The molecule has 3 heterocycles. The van der Waals surface area contributed by atoms with Crippen LogP contribution in [0.4, 0.5) is 11.5 Å². The predicted octanol–water partition coefficient (Wildman–Crippen LogP) is 5.60. The van der Waals surface area contributed by atoms with E-state index < -0.39 is 0 Å². The Kier molecular flexibility index (Phi) is 4.62. The summed E-state index contributed by atoms with van der Waals surface area (Å²) in [6.45, 7) is 12.8. The summed E-state index contributed by atoms with van der Waals surface area (Å²) in [5, 5.41) is 3.15. The third-order valence-electron chi connectivity index (χ3n) is 6.15. The van der Waals surface area contributed by atoms with Crippen molar-refractivity contribution in [2.45, 2.75) is 41.5 Å². The first-order valence-electron chi connectivity index (χ1n) is 9.75. The van der Waals surface area contributed by atoms with Gasteiger partial charge in [0.25, 0.3) is 0 Å². The molecule has 0 atom stereocenters. The van der Waals surface area contributed by atoms with Gasteiger partial charge in [-0.1, -0.05) is 0 Å². The van der Waals surface area contributed by atoms with Crippen LogP contribution in [0.15, 0.2) is 18.3 Å². The van der Waals surface area contributed by atoms with Crippen LogP contribution >= 0.6 is 11.3 Å². The molecule has 1 aromatic carbocycles. The summed E-state index contributed by atoms with van der Waals surface area (Å²) in [7, 11) is 1.89. The second-order valence-electron chi connectivity index (χ2n) is 7.64. The minimum atomic E-state index is 0.834. The van der Waals surface area contributed by atoms with Crippen LogP contribution in [0.1, 0.15) is 32.8 Å². The van der Waals surface area contributed by atoms with Gasteiger partial charge in [0.05, 0.1) is 11.4 Å². The number of rotatable bonds is 3. The molecule has 150 valence electrons. The van der Waals surface area contributed by atoms with Gasteiger partial charge in [-0.3, -0.25) is 4.40 Å². The summed E-state index contributed by atoms with van der Waals surface area (Å²) < 4.78 is 2.27. The summed E-state index contributed by atoms with van der Waals surface area (Å²) in [6.07, 6.45) is 1.84. The van der Waals surface area contributed by atoms with Crippen LogP contribution in [0.25, 0.3) is 27.5 Å². The number of hydrogen-bond acceptors (Lipinski definition) is 5. The molecule has 3 N–H and O–H groups in total. The number of nitrogens with one attached hydrogen (secondary N) is 1. The highest BCUT2D eigenvalue weighted by Gasteiger charge is 2.24. The van der Waals surface area contributed by atoms with Gasteiger partial charge in [-0.25, -0.2) is 9.97 Å². The first kappa shape index (κ1) is 19.5. The van der Waals surface area contributed by atoms with Crippen molar-refractivity contribution in [2.75, 3.05) is 18.1 Å². The minimum absolute atomic E-state index is 0.834. The number of anilines is 2. The fourth-order valence-electron chi connectivity index (χ4n) is 4.03. The molecule has 4 rings (SSSR count). The van der Waals surface area contributed by atoms with Crippen LogP contribution < -0.4 is 11.1 Å². The summed E-state index contributed by atoms with van der Waals surface area (Å²) in [5.74, 6) is 0.834. The Labute approximate surface area is 175 Å². The van der Waals surface area contributed by atoms with Crippen molar-refractivity contribution in [3.8, 4) is 22.5 Å². The largest absolute Gasteiger partial charge is 0.398 e. The molecule has 3 aromatic heterocycles. The van der Waals surface area contributed by atoms with Crippen LogP contribution in [0.5, 0.6) is 0 Å². The van der Waals surface area contributed by atoms with Crippen molar-refractivity contribution in [2.24, 2.45) is 0 Å². The molecular formula is C23H27N5S. The Balaban J connectivity index is 2.15. The zero-order chi connectivity index (χ0) is 21.0. The predicted molar refractivity (Wildman–Crippen MR) is 124 cm³/mol. The molecule has 0 amide bonds. The molecule has 0 spiro atoms. The lowest BCUT2D eigenvalue weighted by molar-refractivity contribution is 1.11. The number of imidazole rings is 1. The SMILES string of the molecule is CNc1cc(-c2c(-c3c(C)c(C)c(C)c(N)c3C)nc3sc(C)c(C)n23)ccn1. The second-order valence-corrected chi connectivity index (χ2v) is 8.82. The smallest absolute Gasteiger partial charge is 0.195 e. The van der Waals surface area contributed by atoms with Gasteiger partial charge >= 0.3 is 0 Å². The quantitative estimate of drug-likeness (QED) is 0.435. The van der Waals surface area contributed by atoms with Gasteiger partial charge in [-0.15, -0.1) is 11.3 Å². The molecule has 0 aliphatic heterocycles. The molecule has 6 heteroatoms. The average Bonchev–Trinajstić information content (AvgIpc) is 3.21. The number of pyridine rings is 1. The number of aromatic nitrogens is 3. The van der Waals surface area contributed by atoms with Crippen molar-refractivity contribution >= 4 is 27.8 Å². The number of aryl methyl sites for hydroxylation is 2. The topological polar surface area (TPSA) is 68.2 Å². The number of nitrogens with two attached hydrogens (primary N) is 1. The molecule has 29 heavy (non-hydrogen) atoms. The molecular weight excluding hydrogens is 378 g/mol. The van der Waals surface area contributed by atoms with Crippen LogP contribution in [0.3, 0.4) is 0 Å². The maximum atomic E-state index is 6.50. The normalized spacial score (nSPS) is 11.4. The molecule has 0 saturated carbocycles. The zero-order valence-electron chi connectivity index (χ0n) is 18.1. The Morgan fingerprint density at radius 1 is 1.00 bits per heavy atom. The second kappa shape index (κ2) is 6.88. The lowest BCUT2D eigenvalue weighted by atomic mass is 9.89. The molecule has 4 aromatic rings. The van der Waals surface area contributed by atoms with Crippen molar-refractivity contribution in [3.05, 3.63) is 51.2 Å². The van der Waals surface area contributed by atoms with E-state index in [1.54, 1.807) is 11.3 Å². The van der Waals surface area contributed by atoms with Gasteiger partial charge in [0.15, 0.2) is 4.96 Å². The standard InChI is InChI=1S/C23H27N5S/c1-11-12(2)19(14(4)20(24)13(11)3)21-22(17-8-9-26-18(10-17)25-7)28-15(5)16(6)29-23(28)27-21/h8-10H,24H2,1-7H3,(H,25,26). The van der Waals surface area contributed by atoms with E-state index in [0.29, 0.717) is 0 Å². The minimum Gasteiger partial charge on any atom is -0.398 e. The molecule has 0 fully saturated rings. The first-order chi connectivity index (χ1) is 13.8. The Morgan fingerprint density at radius 2 is 1.72 bits per heavy atom. The van der Waals surface area contributed by atoms with Crippen molar-refractivity contribution in [1.82, 2.24) is 14.4 Å². The molecule has 0 saturated heterocycles. The van der Waals surface area contributed by atoms with E-state index in [1.165, 1.54) is 21.7 Å². The average molecular weight is 406 g/mol. The van der Waals surface area contributed by atoms with E-state index in [9.17, 15) is 0 Å². The highest BCUT2D eigenvalue weighted by atomic mass is 32.1.